The van der Waals surface area contributed by atoms with E-state index in [1.807, 2.05) is 30.3 Å². The average molecular weight is 521 g/mol. The molecule has 6 heterocycles. The predicted molar refractivity (Wildman–Crippen MR) is 147 cm³/mol. The van der Waals surface area contributed by atoms with Crippen LogP contribution in [0.25, 0.3) is 56.0 Å². The molecular formula is C29H25FN8O. The van der Waals surface area contributed by atoms with Gasteiger partial charge < -0.3 is 9.72 Å². The average Bonchev–Trinajstić information content (AvgIpc) is 3.72. The van der Waals surface area contributed by atoms with Crippen molar-refractivity contribution in [2.45, 2.75) is 12.8 Å². The molecule has 1 aliphatic heterocycles. The van der Waals surface area contributed by atoms with Gasteiger partial charge in [0.2, 0.25) is 0 Å². The van der Waals surface area contributed by atoms with Crippen LogP contribution in [0.5, 0.6) is 5.75 Å². The number of ether oxygens (including phenoxy) is 1. The number of aromatic nitrogens is 7. The normalized spacial score (nSPS) is 14.0. The van der Waals surface area contributed by atoms with Crippen molar-refractivity contribution in [3.05, 3.63) is 73.1 Å². The lowest BCUT2D eigenvalue weighted by atomic mass is 10.1. The van der Waals surface area contributed by atoms with E-state index < -0.39 is 0 Å². The molecule has 9 nitrogen and oxygen atoms in total. The van der Waals surface area contributed by atoms with Crippen molar-refractivity contribution >= 4 is 22.1 Å². The standard InChI is InChI=1S/C29H25FN8O/c30-20-12-19(13-21(14-20)39-11-10-38-8-1-2-9-38)22-5-7-32-28-26(22)34-29(35-28)27-23-15-24(18-4-3-6-31-16-18)33-17-25(23)36-37-27/h3-7,12-17H,1-2,8-11H2,(H,36,37)(H,32,34,35). The molecule has 1 aromatic carbocycles. The highest BCUT2D eigenvalue weighted by molar-refractivity contribution is 5.96. The molecule has 7 rings (SSSR count). The van der Waals surface area contributed by atoms with Crippen molar-refractivity contribution in [2.24, 2.45) is 0 Å². The fraction of sp³-hybridized carbons (Fsp3) is 0.207. The van der Waals surface area contributed by atoms with Crippen molar-refractivity contribution in [1.29, 1.82) is 0 Å². The lowest BCUT2D eigenvalue weighted by molar-refractivity contribution is 0.237. The molecule has 0 radical (unpaired) electrons. The third-order valence-electron chi connectivity index (χ3n) is 7.07. The summed E-state index contributed by atoms with van der Waals surface area (Å²) in [7, 11) is 0. The number of nitrogens with one attached hydrogen (secondary N) is 2. The highest BCUT2D eigenvalue weighted by Crippen LogP contribution is 2.33. The second-order valence-corrected chi connectivity index (χ2v) is 9.64. The first kappa shape index (κ1) is 23.4. The van der Waals surface area contributed by atoms with Gasteiger partial charge in [-0.15, -0.1) is 0 Å². The van der Waals surface area contributed by atoms with Gasteiger partial charge >= 0.3 is 0 Å². The van der Waals surface area contributed by atoms with Gasteiger partial charge in [-0.3, -0.25) is 20.0 Å². The van der Waals surface area contributed by atoms with Crippen LogP contribution in [0.15, 0.2) is 67.3 Å². The number of nitrogens with zero attached hydrogens (tertiary/aromatic N) is 6. The molecule has 0 amide bonds. The van der Waals surface area contributed by atoms with E-state index in [-0.39, 0.29) is 5.82 Å². The molecule has 39 heavy (non-hydrogen) atoms. The monoisotopic (exact) mass is 520 g/mol. The maximum atomic E-state index is 14.7. The summed E-state index contributed by atoms with van der Waals surface area (Å²) < 4.78 is 20.6. The molecule has 1 aliphatic rings. The van der Waals surface area contributed by atoms with E-state index in [2.05, 4.69) is 35.0 Å². The molecule has 1 saturated heterocycles. The second-order valence-electron chi connectivity index (χ2n) is 9.64. The quantitative estimate of drug-likeness (QED) is 0.296. The molecule has 0 unspecified atom stereocenters. The molecule has 6 aromatic rings. The van der Waals surface area contributed by atoms with Gasteiger partial charge in [0.15, 0.2) is 11.5 Å². The number of rotatable bonds is 7. The smallest absolute Gasteiger partial charge is 0.160 e. The Labute approximate surface area is 223 Å². The van der Waals surface area contributed by atoms with Crippen LogP contribution in [0.1, 0.15) is 12.8 Å². The Bertz CT molecular complexity index is 1780. The third kappa shape index (κ3) is 4.59. The van der Waals surface area contributed by atoms with Gasteiger partial charge in [0.1, 0.15) is 29.4 Å². The second kappa shape index (κ2) is 9.88. The van der Waals surface area contributed by atoms with E-state index in [1.165, 1.54) is 25.0 Å². The molecule has 0 atom stereocenters. The first-order valence-corrected chi connectivity index (χ1v) is 13.0. The predicted octanol–water partition coefficient (Wildman–Crippen LogP) is 5.24. The van der Waals surface area contributed by atoms with Crippen LogP contribution < -0.4 is 4.74 Å². The summed E-state index contributed by atoms with van der Waals surface area (Å²) >= 11 is 0. The first-order valence-electron chi connectivity index (χ1n) is 13.0. The number of benzene rings is 1. The zero-order valence-corrected chi connectivity index (χ0v) is 21.1. The van der Waals surface area contributed by atoms with Crippen molar-refractivity contribution in [1.82, 2.24) is 40.0 Å². The Morgan fingerprint density at radius 3 is 2.77 bits per heavy atom. The number of likely N-dealkylation sites (tertiary alicyclic amines) is 1. The number of hydrogen-bond acceptors (Lipinski definition) is 7. The van der Waals surface area contributed by atoms with Crippen molar-refractivity contribution in [3.8, 4) is 39.7 Å². The number of pyridine rings is 3. The fourth-order valence-corrected chi connectivity index (χ4v) is 5.13. The first-order chi connectivity index (χ1) is 19.2. The highest BCUT2D eigenvalue weighted by Gasteiger charge is 2.18. The Kier molecular flexibility index (Phi) is 5.93. The lowest BCUT2D eigenvalue weighted by Gasteiger charge is -2.15. The summed E-state index contributed by atoms with van der Waals surface area (Å²) in [6, 6.07) is 12.4. The van der Waals surface area contributed by atoms with Crippen LogP contribution in [-0.2, 0) is 0 Å². The molecule has 2 N–H and O–H groups in total. The van der Waals surface area contributed by atoms with Gasteiger partial charge in [-0.1, -0.05) is 0 Å². The number of fused-ring (bicyclic) bond motifs is 2. The van der Waals surface area contributed by atoms with Gasteiger partial charge in [0.05, 0.1) is 17.4 Å². The van der Waals surface area contributed by atoms with Crippen molar-refractivity contribution in [2.75, 3.05) is 26.2 Å². The van der Waals surface area contributed by atoms with Crippen LogP contribution >= 0.6 is 0 Å². The van der Waals surface area contributed by atoms with E-state index >= 15 is 0 Å². The summed E-state index contributed by atoms with van der Waals surface area (Å²) in [5.74, 6) is 0.690. The summed E-state index contributed by atoms with van der Waals surface area (Å²) in [5.41, 5.74) is 5.75. The molecule has 0 bridgehead atoms. The van der Waals surface area contributed by atoms with E-state index in [9.17, 15) is 4.39 Å². The van der Waals surface area contributed by atoms with Crippen LogP contribution in [-0.4, -0.2) is 66.3 Å². The third-order valence-corrected chi connectivity index (χ3v) is 7.07. The summed E-state index contributed by atoms with van der Waals surface area (Å²) in [6.07, 6.45) is 9.39. The molecule has 10 heteroatoms. The number of aromatic amines is 2. The van der Waals surface area contributed by atoms with E-state index in [1.54, 1.807) is 24.8 Å². The van der Waals surface area contributed by atoms with Crippen LogP contribution in [0.3, 0.4) is 0 Å². The largest absolute Gasteiger partial charge is 0.492 e. The Morgan fingerprint density at radius 1 is 0.974 bits per heavy atom. The topological polar surface area (TPSA) is 108 Å². The SMILES string of the molecule is Fc1cc(OCCN2CCCC2)cc(-c2ccnc3[nH]c(-c4n[nH]c5cnc(-c6cccnc6)cc45)nc23)c1. The molecule has 0 saturated carbocycles. The lowest BCUT2D eigenvalue weighted by Crippen LogP contribution is -2.25. The van der Waals surface area contributed by atoms with Crippen molar-refractivity contribution in [3.63, 3.8) is 0 Å². The highest BCUT2D eigenvalue weighted by atomic mass is 19.1. The summed E-state index contributed by atoms with van der Waals surface area (Å²) in [4.78, 5) is 23.7. The van der Waals surface area contributed by atoms with E-state index in [0.29, 0.717) is 40.6 Å². The van der Waals surface area contributed by atoms with Gasteiger partial charge in [0, 0.05) is 47.7 Å². The maximum absolute atomic E-state index is 14.7. The maximum Gasteiger partial charge on any atom is 0.160 e. The summed E-state index contributed by atoms with van der Waals surface area (Å²) in [6.45, 7) is 3.55. The van der Waals surface area contributed by atoms with E-state index in [0.717, 1.165) is 47.4 Å². The number of hydrogen-bond donors (Lipinski definition) is 2. The molecule has 5 aromatic heterocycles. The minimum Gasteiger partial charge on any atom is -0.492 e. The van der Waals surface area contributed by atoms with Gasteiger partial charge in [-0.25, -0.2) is 14.4 Å². The molecular weight excluding hydrogens is 495 g/mol. The number of imidazole rings is 1. The molecule has 194 valence electrons. The van der Waals surface area contributed by atoms with Gasteiger partial charge in [-0.2, -0.15) is 5.10 Å². The Hall–Kier alpha value is -4.70. The van der Waals surface area contributed by atoms with Crippen LogP contribution in [0.4, 0.5) is 4.39 Å². The van der Waals surface area contributed by atoms with E-state index in [4.69, 9.17) is 9.72 Å². The van der Waals surface area contributed by atoms with Gasteiger partial charge in [-0.05, 0) is 67.9 Å². The minimum absolute atomic E-state index is 0.363. The molecule has 1 fully saturated rings. The zero-order valence-electron chi connectivity index (χ0n) is 21.1. The van der Waals surface area contributed by atoms with Crippen LogP contribution in [0.2, 0.25) is 0 Å². The molecule has 0 spiro atoms. The van der Waals surface area contributed by atoms with Gasteiger partial charge in [0.25, 0.3) is 0 Å². The minimum atomic E-state index is -0.363. The number of halogens is 1. The summed E-state index contributed by atoms with van der Waals surface area (Å²) in [5, 5.41) is 8.40. The Morgan fingerprint density at radius 2 is 1.90 bits per heavy atom. The molecule has 0 aliphatic carbocycles. The fourth-order valence-electron chi connectivity index (χ4n) is 5.13. The Balaban J connectivity index is 1.23. The number of H-pyrrole nitrogens is 2. The van der Waals surface area contributed by atoms with Crippen LogP contribution in [0, 0.1) is 5.82 Å². The zero-order chi connectivity index (χ0) is 26.2. The van der Waals surface area contributed by atoms with Crippen molar-refractivity contribution < 1.29 is 9.13 Å².